The van der Waals surface area contributed by atoms with Crippen molar-refractivity contribution >= 4 is 29.5 Å². The van der Waals surface area contributed by atoms with Gasteiger partial charge in [-0.3, -0.25) is 9.59 Å². The summed E-state index contributed by atoms with van der Waals surface area (Å²) in [5.74, 6) is -0.543. The van der Waals surface area contributed by atoms with Crippen LogP contribution in [0, 0.1) is 11.3 Å². The highest BCUT2D eigenvalue weighted by Crippen LogP contribution is 2.46. The van der Waals surface area contributed by atoms with Crippen LogP contribution in [0.3, 0.4) is 0 Å². The summed E-state index contributed by atoms with van der Waals surface area (Å²) in [5, 5.41) is 15.2. The highest BCUT2D eigenvalue weighted by atomic mass is 35.5. The first-order valence-electron chi connectivity index (χ1n) is 13.6. The Morgan fingerprint density at radius 3 is 2.34 bits per heavy atom. The average molecular weight is 550 g/mol. The van der Waals surface area contributed by atoms with Crippen LogP contribution < -0.4 is 5.32 Å². The Labute approximate surface area is 232 Å². The summed E-state index contributed by atoms with van der Waals surface area (Å²) in [4.78, 5) is 42.7. The number of rotatable bonds is 6. The summed E-state index contributed by atoms with van der Waals surface area (Å²) in [6.07, 6.45) is 1.61. The van der Waals surface area contributed by atoms with Gasteiger partial charge in [0.15, 0.2) is 0 Å². The van der Waals surface area contributed by atoms with Crippen LogP contribution in [0.4, 0.5) is 4.79 Å². The van der Waals surface area contributed by atoms with Gasteiger partial charge >= 0.3 is 6.09 Å². The molecule has 9 heteroatoms. The zero-order valence-corrected chi connectivity index (χ0v) is 24.6. The normalized spacial score (nSPS) is 24.3. The molecule has 1 aromatic carbocycles. The number of likely N-dealkylation sites (tertiary alicyclic amines) is 2. The molecule has 2 fully saturated rings. The van der Waals surface area contributed by atoms with Gasteiger partial charge in [-0.25, -0.2) is 4.79 Å². The van der Waals surface area contributed by atoms with E-state index in [0.717, 1.165) is 18.4 Å². The van der Waals surface area contributed by atoms with E-state index in [2.05, 4.69) is 5.32 Å². The molecule has 0 saturated carbocycles. The number of hydrogen-bond acceptors (Lipinski definition) is 5. The maximum Gasteiger partial charge on any atom is 0.410 e. The minimum absolute atomic E-state index is 0.123. The number of ether oxygens (including phenoxy) is 1. The van der Waals surface area contributed by atoms with Gasteiger partial charge in [-0.05, 0) is 63.6 Å². The van der Waals surface area contributed by atoms with Gasteiger partial charge in [0.1, 0.15) is 11.6 Å². The third-order valence-electron chi connectivity index (χ3n) is 7.76. The molecule has 0 unspecified atom stereocenters. The molecule has 3 atom stereocenters. The van der Waals surface area contributed by atoms with Gasteiger partial charge in [0.2, 0.25) is 11.8 Å². The fourth-order valence-corrected chi connectivity index (χ4v) is 5.66. The minimum atomic E-state index is -1.11. The number of nitrogens with one attached hydrogen (secondary N) is 1. The van der Waals surface area contributed by atoms with Crippen molar-refractivity contribution in [3.8, 4) is 0 Å². The summed E-state index contributed by atoms with van der Waals surface area (Å²) in [6, 6.07) is 6.25. The molecule has 2 aliphatic rings. The Hall–Kier alpha value is -2.32. The predicted molar refractivity (Wildman–Crippen MR) is 148 cm³/mol. The minimum Gasteiger partial charge on any atom is -0.444 e. The van der Waals surface area contributed by atoms with Gasteiger partial charge in [-0.2, -0.15) is 0 Å². The maximum absolute atomic E-state index is 13.6. The molecule has 2 heterocycles. The summed E-state index contributed by atoms with van der Waals surface area (Å²) < 4.78 is 5.51. The number of halogens is 1. The largest absolute Gasteiger partial charge is 0.444 e. The number of aliphatic hydroxyl groups is 1. The summed E-state index contributed by atoms with van der Waals surface area (Å²) >= 11 is 6.05. The molecule has 212 valence electrons. The Bertz CT molecular complexity index is 1020. The summed E-state index contributed by atoms with van der Waals surface area (Å²) in [7, 11) is 0. The number of carbonyl (C=O) groups excluding carboxylic acids is 3. The fraction of sp³-hybridized carbons (Fsp3) is 0.690. The Kier molecular flexibility index (Phi) is 9.09. The smallest absolute Gasteiger partial charge is 0.410 e. The van der Waals surface area contributed by atoms with Crippen molar-refractivity contribution in [3.63, 3.8) is 0 Å². The van der Waals surface area contributed by atoms with Gasteiger partial charge in [0.05, 0.1) is 5.60 Å². The zero-order chi connectivity index (χ0) is 28.5. The third kappa shape index (κ3) is 6.81. The lowest BCUT2D eigenvalue weighted by Crippen LogP contribution is -2.60. The van der Waals surface area contributed by atoms with E-state index in [4.69, 9.17) is 16.3 Å². The standard InChI is InChI=1S/C29H44ClN3O5/c1-19(2)24(31-23(34)17-22-9-8-15-33(22)26(36)38-27(3,4)5)25(35)32-16-14-29(37,28(6,7)18-32)20-10-12-21(30)13-11-20/h10-13,19,22,24,37H,8-9,14-18H2,1-7H3,(H,31,34)/t22-,24+,29-/m0/s1. The van der Waals surface area contributed by atoms with Crippen molar-refractivity contribution in [1.29, 1.82) is 0 Å². The highest BCUT2D eigenvalue weighted by molar-refractivity contribution is 6.30. The van der Waals surface area contributed by atoms with Crippen LogP contribution in [0.1, 0.15) is 79.7 Å². The van der Waals surface area contributed by atoms with Crippen LogP contribution >= 0.6 is 11.6 Å². The van der Waals surface area contributed by atoms with E-state index in [9.17, 15) is 19.5 Å². The Morgan fingerprint density at radius 2 is 1.79 bits per heavy atom. The predicted octanol–water partition coefficient (Wildman–Crippen LogP) is 4.72. The number of piperidine rings is 1. The van der Waals surface area contributed by atoms with E-state index in [1.54, 1.807) is 21.9 Å². The first-order valence-corrected chi connectivity index (χ1v) is 14.0. The summed E-state index contributed by atoms with van der Waals surface area (Å²) in [6.45, 7) is 14.5. The number of benzene rings is 1. The van der Waals surface area contributed by atoms with E-state index >= 15 is 0 Å². The average Bonchev–Trinajstić information content (AvgIpc) is 3.26. The number of amides is 3. The van der Waals surface area contributed by atoms with Gasteiger partial charge in [0.25, 0.3) is 0 Å². The van der Waals surface area contributed by atoms with E-state index in [-0.39, 0.29) is 30.2 Å². The van der Waals surface area contributed by atoms with Crippen molar-refractivity contribution in [2.75, 3.05) is 19.6 Å². The first kappa shape index (κ1) is 30.2. The molecular weight excluding hydrogens is 506 g/mol. The number of carbonyl (C=O) groups is 3. The lowest BCUT2D eigenvalue weighted by molar-refractivity contribution is -0.156. The molecule has 3 rings (SSSR count). The van der Waals surface area contributed by atoms with Crippen molar-refractivity contribution in [3.05, 3.63) is 34.9 Å². The van der Waals surface area contributed by atoms with Crippen molar-refractivity contribution in [1.82, 2.24) is 15.1 Å². The van der Waals surface area contributed by atoms with Crippen LogP contribution in [-0.4, -0.2) is 70.1 Å². The quantitative estimate of drug-likeness (QED) is 0.535. The lowest BCUT2D eigenvalue weighted by Gasteiger charge is -2.51. The molecule has 2 N–H and O–H groups in total. The molecule has 2 saturated heterocycles. The monoisotopic (exact) mass is 549 g/mol. The third-order valence-corrected chi connectivity index (χ3v) is 8.01. The molecule has 0 radical (unpaired) electrons. The molecule has 38 heavy (non-hydrogen) atoms. The first-order chi connectivity index (χ1) is 17.5. The maximum atomic E-state index is 13.6. The van der Waals surface area contributed by atoms with Crippen LogP contribution in [0.15, 0.2) is 24.3 Å². The molecule has 8 nitrogen and oxygen atoms in total. The Balaban J connectivity index is 1.66. The molecule has 0 aromatic heterocycles. The van der Waals surface area contributed by atoms with Crippen LogP contribution in [-0.2, 0) is 19.9 Å². The highest BCUT2D eigenvalue weighted by Gasteiger charge is 2.50. The molecular formula is C29H44ClN3O5. The van der Waals surface area contributed by atoms with Crippen LogP contribution in [0.5, 0.6) is 0 Å². The molecule has 1 aromatic rings. The van der Waals surface area contributed by atoms with E-state index in [1.807, 2.05) is 60.6 Å². The molecule has 0 spiro atoms. The topological polar surface area (TPSA) is 99.2 Å². The Morgan fingerprint density at radius 1 is 1.16 bits per heavy atom. The second-order valence-electron chi connectivity index (χ2n) is 12.7. The lowest BCUT2D eigenvalue weighted by atomic mass is 9.66. The van der Waals surface area contributed by atoms with Gasteiger partial charge in [-0.1, -0.05) is 51.4 Å². The van der Waals surface area contributed by atoms with Crippen molar-refractivity contribution in [2.45, 2.75) is 97.4 Å². The SMILES string of the molecule is CC(C)[C@@H](NC(=O)C[C@@H]1CCCN1C(=O)OC(C)(C)C)C(=O)N1CC[C@](O)(c2ccc(Cl)cc2)C(C)(C)C1. The number of hydrogen-bond donors (Lipinski definition) is 2. The molecule has 2 aliphatic heterocycles. The molecule has 3 amide bonds. The zero-order valence-electron chi connectivity index (χ0n) is 23.8. The number of nitrogens with zero attached hydrogens (tertiary/aromatic N) is 2. The van der Waals surface area contributed by atoms with E-state index in [1.165, 1.54) is 0 Å². The van der Waals surface area contributed by atoms with Crippen molar-refractivity contribution in [2.24, 2.45) is 11.3 Å². The molecule has 0 bridgehead atoms. The van der Waals surface area contributed by atoms with Gasteiger partial charge < -0.3 is 25.0 Å². The van der Waals surface area contributed by atoms with Crippen LogP contribution in [0.2, 0.25) is 5.02 Å². The van der Waals surface area contributed by atoms with Gasteiger partial charge in [0, 0.05) is 42.5 Å². The van der Waals surface area contributed by atoms with E-state index < -0.39 is 28.8 Å². The fourth-order valence-electron chi connectivity index (χ4n) is 5.54. The van der Waals surface area contributed by atoms with Gasteiger partial charge in [-0.15, -0.1) is 0 Å². The molecule has 0 aliphatic carbocycles. The van der Waals surface area contributed by atoms with E-state index in [0.29, 0.717) is 31.1 Å². The second kappa shape index (κ2) is 11.4. The van der Waals surface area contributed by atoms with Crippen LogP contribution in [0.25, 0.3) is 0 Å². The van der Waals surface area contributed by atoms with Crippen molar-refractivity contribution < 1.29 is 24.2 Å². The second-order valence-corrected chi connectivity index (χ2v) is 13.2. The summed E-state index contributed by atoms with van der Waals surface area (Å²) in [5.41, 5.74) is -1.57.